The maximum Gasteiger partial charge on any atom is 0.269 e. The van der Waals surface area contributed by atoms with Gasteiger partial charge in [-0.3, -0.25) is 9.89 Å². The molecule has 2 heterocycles. The van der Waals surface area contributed by atoms with Crippen LogP contribution in [0.1, 0.15) is 27.7 Å². The van der Waals surface area contributed by atoms with Crippen LogP contribution in [0.5, 0.6) is 0 Å². The van der Waals surface area contributed by atoms with Gasteiger partial charge in [-0.2, -0.15) is 5.10 Å². The molecule has 1 aliphatic rings. The highest BCUT2D eigenvalue weighted by molar-refractivity contribution is 5.92. The van der Waals surface area contributed by atoms with Gasteiger partial charge in [0, 0.05) is 18.8 Å². The topological polar surface area (TPSA) is 69.8 Å². The summed E-state index contributed by atoms with van der Waals surface area (Å²) in [6, 6.07) is 10.2. The van der Waals surface area contributed by atoms with Gasteiger partial charge in [0.1, 0.15) is 5.69 Å². The third-order valence-electron chi connectivity index (χ3n) is 3.43. The van der Waals surface area contributed by atoms with Crippen molar-refractivity contribution in [3.8, 4) is 0 Å². The van der Waals surface area contributed by atoms with Crippen molar-refractivity contribution in [3.63, 3.8) is 0 Å². The van der Waals surface area contributed by atoms with Gasteiger partial charge in [-0.05, 0) is 30.2 Å². The lowest BCUT2D eigenvalue weighted by molar-refractivity contribution is 0.0944. The molecule has 0 fully saturated rings. The van der Waals surface area contributed by atoms with Crippen molar-refractivity contribution in [2.24, 2.45) is 0 Å². The number of H-pyrrole nitrogens is 1. The number of hydrogen-bond donors (Lipinski definition) is 3. The maximum absolute atomic E-state index is 11.9. The molecule has 1 aliphatic heterocycles. The molecule has 0 saturated carbocycles. The molecule has 0 radical (unpaired) electrons. The molecule has 3 rings (SSSR count). The molecule has 3 N–H and O–H groups in total. The van der Waals surface area contributed by atoms with Gasteiger partial charge in [0.25, 0.3) is 5.91 Å². The zero-order valence-electron chi connectivity index (χ0n) is 10.5. The minimum absolute atomic E-state index is 0.123. The fourth-order valence-electron chi connectivity index (χ4n) is 2.45. The minimum Gasteiger partial charge on any atom is -0.349 e. The third kappa shape index (κ3) is 2.51. The van der Waals surface area contributed by atoms with Crippen molar-refractivity contribution in [3.05, 3.63) is 53.3 Å². The van der Waals surface area contributed by atoms with Crippen LogP contribution in [0.15, 0.2) is 36.5 Å². The number of hydrogen-bond acceptors (Lipinski definition) is 3. The summed E-state index contributed by atoms with van der Waals surface area (Å²) in [4.78, 5) is 11.9. The maximum atomic E-state index is 11.9. The van der Waals surface area contributed by atoms with Gasteiger partial charge >= 0.3 is 0 Å². The first-order valence-electron chi connectivity index (χ1n) is 6.43. The van der Waals surface area contributed by atoms with E-state index < -0.39 is 0 Å². The molecule has 1 aromatic carbocycles. The van der Waals surface area contributed by atoms with Crippen LogP contribution < -0.4 is 10.6 Å². The van der Waals surface area contributed by atoms with E-state index in [4.69, 9.17) is 0 Å². The van der Waals surface area contributed by atoms with Crippen LogP contribution in [0.3, 0.4) is 0 Å². The summed E-state index contributed by atoms with van der Waals surface area (Å²) in [5.41, 5.74) is 3.13. The van der Waals surface area contributed by atoms with E-state index in [2.05, 4.69) is 39.0 Å². The minimum atomic E-state index is -0.123. The number of rotatable bonds is 3. The summed E-state index contributed by atoms with van der Waals surface area (Å²) in [7, 11) is 0. The first-order valence-corrected chi connectivity index (χ1v) is 6.43. The van der Waals surface area contributed by atoms with E-state index in [-0.39, 0.29) is 11.9 Å². The fraction of sp³-hybridized carbons (Fsp3) is 0.286. The molecule has 5 heteroatoms. The van der Waals surface area contributed by atoms with Gasteiger partial charge in [0.05, 0.1) is 0 Å². The predicted molar refractivity (Wildman–Crippen MR) is 71.8 cm³/mol. The number of nitrogens with zero attached hydrogens (tertiary/aromatic N) is 1. The van der Waals surface area contributed by atoms with Gasteiger partial charge in [0.2, 0.25) is 0 Å². The van der Waals surface area contributed by atoms with E-state index in [0.29, 0.717) is 12.2 Å². The van der Waals surface area contributed by atoms with E-state index in [1.807, 2.05) is 6.07 Å². The molecular formula is C14H16N4O. The highest BCUT2D eigenvalue weighted by atomic mass is 16.1. The smallest absolute Gasteiger partial charge is 0.269 e. The summed E-state index contributed by atoms with van der Waals surface area (Å²) in [6.45, 7) is 1.52. The van der Waals surface area contributed by atoms with Crippen LogP contribution in [-0.4, -0.2) is 29.2 Å². The Kier molecular flexibility index (Phi) is 3.29. The largest absolute Gasteiger partial charge is 0.349 e. The van der Waals surface area contributed by atoms with Crippen molar-refractivity contribution >= 4 is 5.91 Å². The third-order valence-corrected chi connectivity index (χ3v) is 3.43. The summed E-state index contributed by atoms with van der Waals surface area (Å²) >= 11 is 0. The lowest BCUT2D eigenvalue weighted by Crippen LogP contribution is -2.38. The second kappa shape index (κ2) is 5.24. The molecule has 0 bridgehead atoms. The number of aromatic amines is 1. The molecule has 98 valence electrons. The molecule has 0 saturated heterocycles. The van der Waals surface area contributed by atoms with Crippen LogP contribution in [0.2, 0.25) is 0 Å². The summed E-state index contributed by atoms with van der Waals surface area (Å²) in [5.74, 6) is -0.123. The Morgan fingerprint density at radius 2 is 2.26 bits per heavy atom. The zero-order chi connectivity index (χ0) is 13.1. The SMILES string of the molecule is O=C(NCC1NCCc2ccccc21)c1ccn[nH]1. The number of amides is 1. The fourth-order valence-corrected chi connectivity index (χ4v) is 2.45. The van der Waals surface area contributed by atoms with E-state index in [1.54, 1.807) is 12.3 Å². The summed E-state index contributed by atoms with van der Waals surface area (Å²) in [6.07, 6.45) is 2.62. The van der Waals surface area contributed by atoms with E-state index >= 15 is 0 Å². The zero-order valence-corrected chi connectivity index (χ0v) is 10.5. The van der Waals surface area contributed by atoms with Crippen LogP contribution in [0, 0.1) is 0 Å². The van der Waals surface area contributed by atoms with E-state index in [1.165, 1.54) is 11.1 Å². The van der Waals surface area contributed by atoms with E-state index in [9.17, 15) is 4.79 Å². The van der Waals surface area contributed by atoms with Crippen LogP contribution in [0.25, 0.3) is 0 Å². The van der Waals surface area contributed by atoms with Gasteiger partial charge in [0.15, 0.2) is 0 Å². The van der Waals surface area contributed by atoms with Crippen molar-refractivity contribution in [1.29, 1.82) is 0 Å². The second-order valence-electron chi connectivity index (χ2n) is 4.64. The quantitative estimate of drug-likeness (QED) is 0.768. The molecular weight excluding hydrogens is 240 g/mol. The molecule has 1 unspecified atom stereocenters. The Hall–Kier alpha value is -2.14. The normalized spacial score (nSPS) is 17.8. The lowest BCUT2D eigenvalue weighted by Gasteiger charge is -2.27. The molecule has 19 heavy (non-hydrogen) atoms. The molecule has 1 aromatic heterocycles. The first kappa shape index (κ1) is 11.9. The number of fused-ring (bicyclic) bond motifs is 1. The molecule has 0 spiro atoms. The second-order valence-corrected chi connectivity index (χ2v) is 4.64. The number of aromatic nitrogens is 2. The average Bonchev–Trinajstić information content (AvgIpc) is 2.99. The Labute approximate surface area is 111 Å². The Bertz CT molecular complexity index is 565. The molecule has 2 aromatic rings. The Morgan fingerprint density at radius 3 is 3.11 bits per heavy atom. The summed E-state index contributed by atoms with van der Waals surface area (Å²) in [5, 5.41) is 12.8. The Morgan fingerprint density at radius 1 is 1.37 bits per heavy atom. The molecule has 1 amide bonds. The predicted octanol–water partition coefficient (Wildman–Crippen LogP) is 1.03. The standard InChI is InChI=1S/C14H16N4O/c19-14(12-6-8-17-18-12)16-9-13-11-4-2-1-3-10(11)5-7-15-13/h1-4,6,8,13,15H,5,7,9H2,(H,16,19)(H,17,18). The highest BCUT2D eigenvalue weighted by Crippen LogP contribution is 2.21. The van der Waals surface area contributed by atoms with Gasteiger partial charge < -0.3 is 10.6 Å². The summed E-state index contributed by atoms with van der Waals surface area (Å²) < 4.78 is 0. The monoisotopic (exact) mass is 256 g/mol. The van der Waals surface area contributed by atoms with Crippen molar-refractivity contribution in [2.45, 2.75) is 12.5 Å². The average molecular weight is 256 g/mol. The van der Waals surface area contributed by atoms with Crippen molar-refractivity contribution in [2.75, 3.05) is 13.1 Å². The molecule has 0 aliphatic carbocycles. The molecule has 1 atom stereocenters. The van der Waals surface area contributed by atoms with Gasteiger partial charge in [-0.25, -0.2) is 0 Å². The van der Waals surface area contributed by atoms with Crippen LogP contribution >= 0.6 is 0 Å². The number of carbonyl (C=O) groups is 1. The van der Waals surface area contributed by atoms with Gasteiger partial charge in [-0.1, -0.05) is 24.3 Å². The van der Waals surface area contributed by atoms with Crippen LogP contribution in [0.4, 0.5) is 0 Å². The van der Waals surface area contributed by atoms with E-state index in [0.717, 1.165) is 13.0 Å². The number of carbonyl (C=O) groups excluding carboxylic acids is 1. The highest BCUT2D eigenvalue weighted by Gasteiger charge is 2.19. The van der Waals surface area contributed by atoms with Crippen molar-refractivity contribution < 1.29 is 4.79 Å². The molecule has 5 nitrogen and oxygen atoms in total. The van der Waals surface area contributed by atoms with Crippen molar-refractivity contribution in [1.82, 2.24) is 20.8 Å². The number of benzene rings is 1. The van der Waals surface area contributed by atoms with Crippen LogP contribution in [-0.2, 0) is 6.42 Å². The first-order chi connectivity index (χ1) is 9.34. The van der Waals surface area contributed by atoms with Gasteiger partial charge in [-0.15, -0.1) is 0 Å². The lowest BCUT2D eigenvalue weighted by atomic mass is 9.94. The Balaban J connectivity index is 1.67. The number of nitrogens with one attached hydrogen (secondary N) is 3.